The number of hydrogen-bond donors (Lipinski definition) is 0. The molecule has 98 valence electrons. The van der Waals surface area contributed by atoms with Crippen molar-refractivity contribution in [2.24, 2.45) is 0 Å². The van der Waals surface area contributed by atoms with Crippen molar-refractivity contribution in [1.29, 1.82) is 0 Å². The molecular weight excluding hydrogens is 347 g/mol. The summed E-state index contributed by atoms with van der Waals surface area (Å²) in [4.78, 5) is 12.4. The van der Waals surface area contributed by atoms with Gasteiger partial charge in [-0.15, -0.1) is 0 Å². The van der Waals surface area contributed by atoms with Crippen molar-refractivity contribution in [3.05, 3.63) is 67.1 Å². The zero-order chi connectivity index (χ0) is 14.2. The van der Waals surface area contributed by atoms with Crippen molar-refractivity contribution in [2.75, 3.05) is 0 Å². The van der Waals surface area contributed by atoms with Gasteiger partial charge < -0.3 is 0 Å². The minimum Gasteiger partial charge on any atom is -0.289 e. The summed E-state index contributed by atoms with van der Waals surface area (Å²) in [6, 6.07) is 8.64. The molecule has 1 nitrogen and oxygen atoms in total. The Kier molecular flexibility index (Phi) is 4.34. The summed E-state index contributed by atoms with van der Waals surface area (Å²) in [5.41, 5.74) is 3.25. The zero-order valence-corrected chi connectivity index (χ0v) is 13.5. The van der Waals surface area contributed by atoms with E-state index in [4.69, 9.17) is 23.2 Å². The highest BCUT2D eigenvalue weighted by molar-refractivity contribution is 9.10. The second-order valence-electron chi connectivity index (χ2n) is 4.38. The van der Waals surface area contributed by atoms with Crippen molar-refractivity contribution in [2.45, 2.75) is 13.8 Å². The molecule has 2 aromatic carbocycles. The summed E-state index contributed by atoms with van der Waals surface area (Å²) < 4.78 is 1.03. The van der Waals surface area contributed by atoms with Crippen LogP contribution in [-0.2, 0) is 0 Å². The Balaban J connectivity index is 2.47. The van der Waals surface area contributed by atoms with E-state index >= 15 is 0 Å². The number of rotatable bonds is 2. The number of ketones is 1. The summed E-state index contributed by atoms with van der Waals surface area (Å²) >= 11 is 15.3. The Bertz CT molecular complexity index is 642. The topological polar surface area (TPSA) is 17.1 Å². The molecule has 0 saturated carbocycles. The molecular formula is C15H11BrCl2O. The molecule has 0 unspecified atom stereocenters. The first-order valence-electron chi connectivity index (χ1n) is 5.66. The van der Waals surface area contributed by atoms with Crippen LogP contribution < -0.4 is 0 Å². The molecule has 0 aliphatic heterocycles. The summed E-state index contributed by atoms with van der Waals surface area (Å²) in [5.74, 6) is -0.0581. The maximum atomic E-state index is 12.4. The fourth-order valence-electron chi connectivity index (χ4n) is 1.88. The molecule has 0 bridgehead atoms. The van der Waals surface area contributed by atoms with Crippen molar-refractivity contribution < 1.29 is 4.79 Å². The van der Waals surface area contributed by atoms with Crippen LogP contribution in [-0.4, -0.2) is 5.78 Å². The average molecular weight is 358 g/mol. The third-order valence-corrected chi connectivity index (χ3v) is 4.87. The summed E-state index contributed by atoms with van der Waals surface area (Å²) in [5, 5.41) is 0.833. The summed E-state index contributed by atoms with van der Waals surface area (Å²) in [6.45, 7) is 3.92. The molecule has 0 saturated heterocycles. The molecule has 0 spiro atoms. The lowest BCUT2D eigenvalue weighted by atomic mass is 9.99. The number of benzene rings is 2. The van der Waals surface area contributed by atoms with Gasteiger partial charge in [-0.2, -0.15) is 0 Å². The lowest BCUT2D eigenvalue weighted by Crippen LogP contribution is -2.02. The number of aryl methyl sites for hydroxylation is 2. The molecule has 0 aliphatic carbocycles. The summed E-state index contributed by atoms with van der Waals surface area (Å²) in [7, 11) is 0. The Morgan fingerprint density at radius 1 is 0.947 bits per heavy atom. The molecule has 0 fully saturated rings. The Labute approximate surface area is 130 Å². The van der Waals surface area contributed by atoms with Crippen LogP contribution in [0.1, 0.15) is 27.0 Å². The SMILES string of the molecule is Cc1cc(C(=O)c2ccc(Cl)c(Cl)c2)cc(C)c1Br. The van der Waals surface area contributed by atoms with Crippen molar-refractivity contribution in [1.82, 2.24) is 0 Å². The molecule has 2 rings (SSSR count). The van der Waals surface area contributed by atoms with Gasteiger partial charge in [-0.25, -0.2) is 0 Å². The monoisotopic (exact) mass is 356 g/mol. The van der Waals surface area contributed by atoms with Crippen LogP contribution in [0.3, 0.4) is 0 Å². The predicted octanol–water partition coefficient (Wildman–Crippen LogP) is 5.60. The first-order valence-corrected chi connectivity index (χ1v) is 7.21. The molecule has 19 heavy (non-hydrogen) atoms. The van der Waals surface area contributed by atoms with Gasteiger partial charge in [-0.05, 0) is 55.3 Å². The van der Waals surface area contributed by atoms with Gasteiger partial charge in [0.05, 0.1) is 10.0 Å². The van der Waals surface area contributed by atoms with Crippen molar-refractivity contribution in [3.8, 4) is 0 Å². The normalized spacial score (nSPS) is 10.6. The van der Waals surface area contributed by atoms with Gasteiger partial charge in [-0.1, -0.05) is 39.1 Å². The number of carbonyl (C=O) groups is 1. The second-order valence-corrected chi connectivity index (χ2v) is 5.99. The second kappa shape index (κ2) is 5.66. The lowest BCUT2D eigenvalue weighted by molar-refractivity contribution is 0.103. The van der Waals surface area contributed by atoms with E-state index in [2.05, 4.69) is 15.9 Å². The van der Waals surface area contributed by atoms with E-state index < -0.39 is 0 Å². The maximum absolute atomic E-state index is 12.4. The van der Waals surface area contributed by atoms with Gasteiger partial charge >= 0.3 is 0 Å². The third kappa shape index (κ3) is 3.02. The first kappa shape index (κ1) is 14.6. The molecule has 0 heterocycles. The molecule has 0 atom stereocenters. The van der Waals surface area contributed by atoms with E-state index in [0.29, 0.717) is 21.2 Å². The number of halogens is 3. The van der Waals surface area contributed by atoms with E-state index in [1.165, 1.54) is 0 Å². The fraction of sp³-hybridized carbons (Fsp3) is 0.133. The van der Waals surface area contributed by atoms with Crippen LogP contribution >= 0.6 is 39.1 Å². The molecule has 0 amide bonds. The predicted molar refractivity (Wildman–Crippen MR) is 83.5 cm³/mol. The van der Waals surface area contributed by atoms with E-state index in [9.17, 15) is 4.79 Å². The third-order valence-electron chi connectivity index (χ3n) is 2.88. The number of hydrogen-bond acceptors (Lipinski definition) is 1. The van der Waals surface area contributed by atoms with E-state index in [-0.39, 0.29) is 5.78 Å². The van der Waals surface area contributed by atoms with Gasteiger partial charge in [0.25, 0.3) is 0 Å². The summed E-state index contributed by atoms with van der Waals surface area (Å²) in [6.07, 6.45) is 0. The van der Waals surface area contributed by atoms with Gasteiger partial charge in [0.15, 0.2) is 5.78 Å². The lowest BCUT2D eigenvalue weighted by Gasteiger charge is -2.08. The van der Waals surface area contributed by atoms with E-state index in [1.807, 2.05) is 26.0 Å². The molecule has 4 heteroatoms. The first-order chi connectivity index (χ1) is 8.90. The van der Waals surface area contributed by atoms with Gasteiger partial charge in [0.2, 0.25) is 0 Å². The minimum atomic E-state index is -0.0581. The highest BCUT2D eigenvalue weighted by Crippen LogP contribution is 2.26. The Morgan fingerprint density at radius 2 is 1.53 bits per heavy atom. The maximum Gasteiger partial charge on any atom is 0.193 e. The number of carbonyl (C=O) groups excluding carboxylic acids is 1. The van der Waals surface area contributed by atoms with Crippen LogP contribution in [0.5, 0.6) is 0 Å². The van der Waals surface area contributed by atoms with Gasteiger partial charge in [-0.3, -0.25) is 4.79 Å². The molecule has 0 aliphatic rings. The van der Waals surface area contributed by atoms with E-state index in [1.54, 1.807) is 18.2 Å². The molecule has 0 aromatic heterocycles. The van der Waals surface area contributed by atoms with Crippen LogP contribution in [0.25, 0.3) is 0 Å². The standard InChI is InChI=1S/C15H11BrCl2O/c1-8-5-11(6-9(2)14(8)16)15(19)10-3-4-12(17)13(18)7-10/h3-7H,1-2H3. The molecule has 0 radical (unpaired) electrons. The van der Waals surface area contributed by atoms with Gasteiger partial charge in [0, 0.05) is 15.6 Å². The van der Waals surface area contributed by atoms with Crippen molar-refractivity contribution in [3.63, 3.8) is 0 Å². The Hall–Kier alpha value is -0.830. The zero-order valence-electron chi connectivity index (χ0n) is 10.4. The van der Waals surface area contributed by atoms with Crippen molar-refractivity contribution >= 4 is 44.9 Å². The Morgan fingerprint density at radius 3 is 2.05 bits per heavy atom. The molecule has 0 N–H and O–H groups in total. The fourth-order valence-corrected chi connectivity index (χ4v) is 2.41. The largest absolute Gasteiger partial charge is 0.289 e. The molecule has 2 aromatic rings. The van der Waals surface area contributed by atoms with Crippen LogP contribution in [0, 0.1) is 13.8 Å². The highest BCUT2D eigenvalue weighted by atomic mass is 79.9. The smallest absolute Gasteiger partial charge is 0.193 e. The average Bonchev–Trinajstić information content (AvgIpc) is 2.37. The van der Waals surface area contributed by atoms with Crippen LogP contribution in [0.2, 0.25) is 10.0 Å². The van der Waals surface area contributed by atoms with Crippen LogP contribution in [0.15, 0.2) is 34.8 Å². The van der Waals surface area contributed by atoms with Crippen LogP contribution in [0.4, 0.5) is 0 Å². The van der Waals surface area contributed by atoms with Gasteiger partial charge in [0.1, 0.15) is 0 Å². The highest BCUT2D eigenvalue weighted by Gasteiger charge is 2.13. The minimum absolute atomic E-state index is 0.0581. The van der Waals surface area contributed by atoms with E-state index in [0.717, 1.165) is 15.6 Å². The quantitative estimate of drug-likeness (QED) is 0.639.